The van der Waals surface area contributed by atoms with E-state index in [-0.39, 0.29) is 0 Å². The summed E-state index contributed by atoms with van der Waals surface area (Å²) in [5.41, 5.74) is 0.497. The van der Waals surface area contributed by atoms with Gasteiger partial charge in [0.25, 0.3) is 0 Å². The van der Waals surface area contributed by atoms with Gasteiger partial charge in [0.15, 0.2) is 0 Å². The van der Waals surface area contributed by atoms with E-state index in [0.29, 0.717) is 5.54 Å². The number of rotatable bonds is 1. The van der Waals surface area contributed by atoms with Crippen LogP contribution in [0.4, 0.5) is 0 Å². The summed E-state index contributed by atoms with van der Waals surface area (Å²) in [6.45, 7) is 2.40. The molecule has 0 aromatic rings. The highest BCUT2D eigenvalue weighted by atomic mass is 15.1. The molecule has 0 aliphatic heterocycles. The fourth-order valence-electron chi connectivity index (χ4n) is 1.94. The Labute approximate surface area is 70.8 Å². The first-order valence-electron chi connectivity index (χ1n) is 4.83. The van der Waals surface area contributed by atoms with Gasteiger partial charge in [0.1, 0.15) is 0 Å². The second-order valence-electron chi connectivity index (χ2n) is 4.31. The highest BCUT2D eigenvalue weighted by Gasteiger charge is 2.26. The number of hydrogen-bond donors (Lipinski definition) is 0. The van der Waals surface area contributed by atoms with Gasteiger partial charge in [-0.3, -0.25) is 0 Å². The summed E-state index contributed by atoms with van der Waals surface area (Å²) in [4.78, 5) is 2.40. The van der Waals surface area contributed by atoms with Crippen molar-refractivity contribution in [3.63, 3.8) is 0 Å². The first-order chi connectivity index (χ1) is 5.15. The van der Waals surface area contributed by atoms with Gasteiger partial charge in [-0.25, -0.2) is 0 Å². The Hall–Kier alpha value is -0.0400. The lowest BCUT2D eigenvalue weighted by Crippen LogP contribution is -2.40. The van der Waals surface area contributed by atoms with Gasteiger partial charge in [0.05, 0.1) is 0 Å². The van der Waals surface area contributed by atoms with E-state index in [9.17, 15) is 0 Å². The molecule has 1 aliphatic rings. The van der Waals surface area contributed by atoms with Crippen molar-refractivity contribution in [3.8, 4) is 0 Å². The summed E-state index contributed by atoms with van der Waals surface area (Å²) in [5.74, 6) is 0. The van der Waals surface area contributed by atoms with Crippen molar-refractivity contribution < 1.29 is 0 Å². The van der Waals surface area contributed by atoms with E-state index in [1.165, 1.54) is 38.5 Å². The fourth-order valence-corrected chi connectivity index (χ4v) is 1.94. The van der Waals surface area contributed by atoms with Crippen molar-refractivity contribution >= 4 is 0 Å². The maximum atomic E-state index is 2.40. The molecule has 1 nitrogen and oxygen atoms in total. The quantitative estimate of drug-likeness (QED) is 0.526. The topological polar surface area (TPSA) is 3.24 Å². The van der Waals surface area contributed by atoms with E-state index in [1.807, 2.05) is 0 Å². The minimum atomic E-state index is 0.497. The van der Waals surface area contributed by atoms with Crippen molar-refractivity contribution in [1.82, 2.24) is 4.90 Å². The van der Waals surface area contributed by atoms with E-state index in [2.05, 4.69) is 25.9 Å². The Morgan fingerprint density at radius 1 is 0.909 bits per heavy atom. The molecule has 0 unspecified atom stereocenters. The third-order valence-corrected chi connectivity index (χ3v) is 3.26. The smallest absolute Gasteiger partial charge is 0.0175 e. The molecule has 0 amide bonds. The first-order valence-corrected chi connectivity index (χ1v) is 4.83. The molecule has 0 radical (unpaired) electrons. The maximum Gasteiger partial charge on any atom is 0.0175 e. The predicted molar refractivity (Wildman–Crippen MR) is 49.8 cm³/mol. The lowest BCUT2D eigenvalue weighted by atomic mass is 9.91. The van der Waals surface area contributed by atoms with Crippen LogP contribution in [0.2, 0.25) is 0 Å². The molecule has 0 aromatic heterocycles. The average molecular weight is 155 g/mol. The molecule has 1 saturated carbocycles. The molecule has 0 aromatic carbocycles. The van der Waals surface area contributed by atoms with Crippen LogP contribution in [-0.4, -0.2) is 24.5 Å². The van der Waals surface area contributed by atoms with Gasteiger partial charge >= 0.3 is 0 Å². The zero-order valence-electron chi connectivity index (χ0n) is 8.19. The Morgan fingerprint density at radius 3 is 1.73 bits per heavy atom. The molecule has 0 spiro atoms. The van der Waals surface area contributed by atoms with E-state index in [4.69, 9.17) is 0 Å². The Morgan fingerprint density at radius 2 is 1.36 bits per heavy atom. The van der Waals surface area contributed by atoms with Crippen molar-refractivity contribution in [2.75, 3.05) is 14.1 Å². The van der Waals surface area contributed by atoms with Gasteiger partial charge in [-0.05, 0) is 33.9 Å². The van der Waals surface area contributed by atoms with Crippen LogP contribution < -0.4 is 0 Å². The van der Waals surface area contributed by atoms with Crippen LogP contribution in [-0.2, 0) is 0 Å². The Kier molecular flexibility index (Phi) is 2.94. The normalized spacial score (nSPS) is 25.1. The third kappa shape index (κ3) is 2.19. The molecular formula is C10H21N. The molecule has 1 aliphatic carbocycles. The highest BCUT2D eigenvalue weighted by molar-refractivity contribution is 4.84. The summed E-state index contributed by atoms with van der Waals surface area (Å²) in [7, 11) is 4.43. The summed E-state index contributed by atoms with van der Waals surface area (Å²) in [6.07, 6.45) is 8.52. The van der Waals surface area contributed by atoms with E-state index >= 15 is 0 Å². The Bertz CT molecular complexity index is 110. The molecule has 1 rings (SSSR count). The summed E-state index contributed by atoms with van der Waals surface area (Å²) < 4.78 is 0. The molecule has 0 heterocycles. The first kappa shape index (κ1) is 9.05. The maximum absolute atomic E-state index is 2.40. The zero-order chi connectivity index (χ0) is 8.32. The number of hydrogen-bond acceptors (Lipinski definition) is 1. The highest BCUT2D eigenvalue weighted by Crippen LogP contribution is 2.29. The van der Waals surface area contributed by atoms with Crippen LogP contribution in [0, 0.1) is 0 Å². The molecule has 0 N–H and O–H groups in total. The van der Waals surface area contributed by atoms with Crippen molar-refractivity contribution in [2.24, 2.45) is 0 Å². The summed E-state index contributed by atoms with van der Waals surface area (Å²) in [5, 5.41) is 0. The van der Waals surface area contributed by atoms with Crippen molar-refractivity contribution in [3.05, 3.63) is 0 Å². The van der Waals surface area contributed by atoms with E-state index < -0.39 is 0 Å². The molecule has 11 heavy (non-hydrogen) atoms. The van der Waals surface area contributed by atoms with Gasteiger partial charge < -0.3 is 4.90 Å². The van der Waals surface area contributed by atoms with Gasteiger partial charge in [-0.2, -0.15) is 0 Å². The molecule has 0 saturated heterocycles. The molecule has 66 valence electrons. The van der Waals surface area contributed by atoms with Crippen LogP contribution in [0.3, 0.4) is 0 Å². The van der Waals surface area contributed by atoms with Crippen LogP contribution >= 0.6 is 0 Å². The molecule has 1 fully saturated rings. The largest absolute Gasteiger partial charge is 0.304 e. The predicted octanol–water partition coefficient (Wildman–Crippen LogP) is 2.66. The zero-order valence-corrected chi connectivity index (χ0v) is 8.19. The minimum absolute atomic E-state index is 0.497. The van der Waals surface area contributed by atoms with Gasteiger partial charge in [-0.15, -0.1) is 0 Å². The lowest BCUT2D eigenvalue weighted by Gasteiger charge is -2.35. The second kappa shape index (κ2) is 3.57. The summed E-state index contributed by atoms with van der Waals surface area (Å²) in [6, 6.07) is 0. The standard InChI is InChI=1S/C10H21N/c1-10(11(2)3)8-6-4-5-7-9-10/h4-9H2,1-3H3. The van der Waals surface area contributed by atoms with Gasteiger partial charge in [0, 0.05) is 5.54 Å². The molecule has 0 atom stereocenters. The second-order valence-corrected chi connectivity index (χ2v) is 4.31. The molecular weight excluding hydrogens is 134 g/mol. The Balaban J connectivity index is 2.52. The molecule has 1 heteroatoms. The summed E-state index contributed by atoms with van der Waals surface area (Å²) >= 11 is 0. The fraction of sp³-hybridized carbons (Fsp3) is 1.00. The monoisotopic (exact) mass is 155 g/mol. The molecule has 0 bridgehead atoms. The average Bonchev–Trinajstić information content (AvgIpc) is 2.15. The lowest BCUT2D eigenvalue weighted by molar-refractivity contribution is 0.151. The van der Waals surface area contributed by atoms with Crippen LogP contribution in [0.25, 0.3) is 0 Å². The third-order valence-electron chi connectivity index (χ3n) is 3.26. The van der Waals surface area contributed by atoms with E-state index in [1.54, 1.807) is 0 Å². The van der Waals surface area contributed by atoms with Crippen molar-refractivity contribution in [1.29, 1.82) is 0 Å². The van der Waals surface area contributed by atoms with Crippen molar-refractivity contribution in [2.45, 2.75) is 51.0 Å². The minimum Gasteiger partial charge on any atom is -0.304 e. The number of nitrogens with zero attached hydrogens (tertiary/aromatic N) is 1. The SMILES string of the molecule is CN(C)C1(C)CCCCCC1. The van der Waals surface area contributed by atoms with Crippen LogP contribution in [0.1, 0.15) is 45.4 Å². The van der Waals surface area contributed by atoms with Gasteiger partial charge in [-0.1, -0.05) is 25.7 Å². The van der Waals surface area contributed by atoms with Crippen LogP contribution in [0.15, 0.2) is 0 Å². The van der Waals surface area contributed by atoms with E-state index in [0.717, 1.165) is 0 Å². The van der Waals surface area contributed by atoms with Crippen LogP contribution in [0.5, 0.6) is 0 Å². The van der Waals surface area contributed by atoms with Gasteiger partial charge in [0.2, 0.25) is 0 Å².